The van der Waals surface area contributed by atoms with Crippen molar-refractivity contribution in [3.63, 3.8) is 0 Å². The maximum Gasteiger partial charge on any atom is 0.119 e. The lowest BCUT2D eigenvalue weighted by Crippen LogP contribution is -2.25. The van der Waals surface area contributed by atoms with E-state index in [4.69, 9.17) is 14.2 Å². The van der Waals surface area contributed by atoms with E-state index in [1.165, 1.54) is 5.56 Å². The maximum atomic E-state index is 5.70. The molecule has 0 aliphatic rings. The van der Waals surface area contributed by atoms with Gasteiger partial charge in [0.25, 0.3) is 0 Å². The average Bonchev–Trinajstić information content (AvgIpc) is 2.46. The Balaban J connectivity index is 2.50. The number of likely N-dealkylation sites (N-methyl/N-ethyl adjacent to an activating group) is 1. The first-order valence-corrected chi connectivity index (χ1v) is 6.75. The van der Waals surface area contributed by atoms with Crippen molar-refractivity contribution in [3.05, 3.63) is 29.8 Å². The summed E-state index contributed by atoms with van der Waals surface area (Å²) < 4.78 is 15.9. The standard InChI is InChI=1S/C15H25NO3/c1-4-16-15(12-19-10-6-9-17-2)13-7-5-8-14(11-13)18-3/h5,7-8,11,15-16H,4,6,9-10,12H2,1-3H3. The van der Waals surface area contributed by atoms with Crippen LogP contribution in [0.15, 0.2) is 24.3 Å². The largest absolute Gasteiger partial charge is 0.497 e. The third kappa shape index (κ3) is 6.05. The van der Waals surface area contributed by atoms with E-state index >= 15 is 0 Å². The monoisotopic (exact) mass is 267 g/mol. The van der Waals surface area contributed by atoms with E-state index in [2.05, 4.69) is 18.3 Å². The van der Waals surface area contributed by atoms with Gasteiger partial charge >= 0.3 is 0 Å². The summed E-state index contributed by atoms with van der Waals surface area (Å²) in [6.45, 7) is 5.12. The first kappa shape index (κ1) is 16.0. The summed E-state index contributed by atoms with van der Waals surface area (Å²) in [4.78, 5) is 0. The Labute approximate surface area is 116 Å². The topological polar surface area (TPSA) is 39.7 Å². The summed E-state index contributed by atoms with van der Waals surface area (Å²) >= 11 is 0. The Hall–Kier alpha value is -1.10. The predicted octanol–water partition coefficient (Wildman–Crippen LogP) is 2.40. The molecule has 1 unspecified atom stereocenters. The van der Waals surface area contributed by atoms with Crippen molar-refractivity contribution >= 4 is 0 Å². The fourth-order valence-corrected chi connectivity index (χ4v) is 1.88. The smallest absolute Gasteiger partial charge is 0.119 e. The van der Waals surface area contributed by atoms with Crippen LogP contribution in [0, 0.1) is 0 Å². The molecule has 0 heterocycles. The molecule has 1 atom stereocenters. The molecule has 0 saturated carbocycles. The van der Waals surface area contributed by atoms with E-state index in [0.717, 1.165) is 31.9 Å². The van der Waals surface area contributed by atoms with Gasteiger partial charge in [-0.05, 0) is 30.7 Å². The number of rotatable bonds is 10. The van der Waals surface area contributed by atoms with Crippen LogP contribution >= 0.6 is 0 Å². The molecule has 1 N–H and O–H groups in total. The number of hydrogen-bond acceptors (Lipinski definition) is 4. The van der Waals surface area contributed by atoms with E-state index in [9.17, 15) is 0 Å². The second-order valence-electron chi connectivity index (χ2n) is 4.31. The third-order valence-corrected chi connectivity index (χ3v) is 2.87. The highest BCUT2D eigenvalue weighted by Gasteiger charge is 2.11. The average molecular weight is 267 g/mol. The summed E-state index contributed by atoms with van der Waals surface area (Å²) in [6, 6.07) is 8.29. The normalized spacial score (nSPS) is 12.4. The summed E-state index contributed by atoms with van der Waals surface area (Å²) in [5, 5.41) is 3.43. The highest BCUT2D eigenvalue weighted by atomic mass is 16.5. The summed E-state index contributed by atoms with van der Waals surface area (Å²) in [5.74, 6) is 0.875. The Morgan fingerprint density at radius 2 is 2.05 bits per heavy atom. The molecule has 0 aliphatic heterocycles. The summed E-state index contributed by atoms with van der Waals surface area (Å²) in [6.07, 6.45) is 0.924. The minimum Gasteiger partial charge on any atom is -0.497 e. The van der Waals surface area contributed by atoms with Crippen molar-refractivity contribution in [1.82, 2.24) is 5.32 Å². The molecule has 0 amide bonds. The van der Waals surface area contributed by atoms with Crippen molar-refractivity contribution < 1.29 is 14.2 Å². The predicted molar refractivity (Wildman–Crippen MR) is 76.7 cm³/mol. The molecule has 0 fully saturated rings. The lowest BCUT2D eigenvalue weighted by molar-refractivity contribution is 0.0877. The summed E-state index contributed by atoms with van der Waals surface area (Å²) in [5.41, 5.74) is 1.19. The Morgan fingerprint density at radius 1 is 1.21 bits per heavy atom. The zero-order valence-corrected chi connectivity index (χ0v) is 12.1. The van der Waals surface area contributed by atoms with Gasteiger partial charge in [0.1, 0.15) is 5.75 Å². The quantitative estimate of drug-likeness (QED) is 0.661. The van der Waals surface area contributed by atoms with E-state index in [1.807, 2.05) is 18.2 Å². The molecule has 108 valence electrons. The first-order valence-electron chi connectivity index (χ1n) is 6.75. The van der Waals surface area contributed by atoms with Gasteiger partial charge in [0.05, 0.1) is 19.8 Å². The van der Waals surface area contributed by atoms with Crippen molar-refractivity contribution in [2.45, 2.75) is 19.4 Å². The number of ether oxygens (including phenoxy) is 3. The second kappa shape index (κ2) is 9.78. The molecule has 0 aromatic heterocycles. The van der Waals surface area contributed by atoms with Crippen molar-refractivity contribution in [2.24, 2.45) is 0 Å². The maximum absolute atomic E-state index is 5.70. The van der Waals surface area contributed by atoms with Crippen LogP contribution in [0.25, 0.3) is 0 Å². The fourth-order valence-electron chi connectivity index (χ4n) is 1.88. The van der Waals surface area contributed by atoms with Gasteiger partial charge in [-0.25, -0.2) is 0 Å². The fraction of sp³-hybridized carbons (Fsp3) is 0.600. The van der Waals surface area contributed by atoms with Crippen LogP contribution in [0.3, 0.4) is 0 Å². The Morgan fingerprint density at radius 3 is 2.74 bits per heavy atom. The molecule has 0 radical (unpaired) electrons. The number of benzene rings is 1. The van der Waals surface area contributed by atoms with Crippen LogP contribution in [0.4, 0.5) is 0 Å². The zero-order chi connectivity index (χ0) is 13.9. The molecule has 0 aliphatic carbocycles. The van der Waals surface area contributed by atoms with E-state index in [0.29, 0.717) is 6.61 Å². The molecule has 0 bridgehead atoms. The van der Waals surface area contributed by atoms with Crippen molar-refractivity contribution in [3.8, 4) is 5.75 Å². The first-order chi connectivity index (χ1) is 9.31. The van der Waals surface area contributed by atoms with E-state index < -0.39 is 0 Å². The highest BCUT2D eigenvalue weighted by molar-refractivity contribution is 5.30. The Kier molecular flexibility index (Phi) is 8.21. The minimum atomic E-state index is 0.197. The van der Waals surface area contributed by atoms with Crippen molar-refractivity contribution in [1.29, 1.82) is 0 Å². The number of hydrogen-bond donors (Lipinski definition) is 1. The molecule has 1 aromatic rings. The van der Waals surface area contributed by atoms with Gasteiger partial charge < -0.3 is 19.5 Å². The summed E-state index contributed by atoms with van der Waals surface area (Å²) in [7, 11) is 3.39. The van der Waals surface area contributed by atoms with Crippen molar-refractivity contribution in [2.75, 3.05) is 40.6 Å². The molecule has 19 heavy (non-hydrogen) atoms. The minimum absolute atomic E-state index is 0.197. The third-order valence-electron chi connectivity index (χ3n) is 2.87. The van der Waals surface area contributed by atoms with Gasteiger partial charge in [-0.2, -0.15) is 0 Å². The van der Waals surface area contributed by atoms with Crippen LogP contribution in [-0.4, -0.2) is 40.6 Å². The molecule has 4 heteroatoms. The van der Waals surface area contributed by atoms with Crippen LogP contribution in [0.5, 0.6) is 5.75 Å². The number of nitrogens with one attached hydrogen (secondary N) is 1. The second-order valence-corrected chi connectivity index (χ2v) is 4.31. The SMILES string of the molecule is CCNC(COCCCOC)c1cccc(OC)c1. The van der Waals surface area contributed by atoms with Crippen LogP contribution < -0.4 is 10.1 Å². The molecule has 4 nitrogen and oxygen atoms in total. The Bertz CT molecular complexity index is 344. The van der Waals surface area contributed by atoms with Crippen LogP contribution in [0.1, 0.15) is 24.9 Å². The molecule has 1 rings (SSSR count). The zero-order valence-electron chi connectivity index (χ0n) is 12.1. The van der Waals surface area contributed by atoms with Gasteiger partial charge in [-0.1, -0.05) is 19.1 Å². The molecular weight excluding hydrogens is 242 g/mol. The molecule has 0 spiro atoms. The van der Waals surface area contributed by atoms with Gasteiger partial charge in [-0.3, -0.25) is 0 Å². The lowest BCUT2D eigenvalue weighted by Gasteiger charge is -2.19. The number of methoxy groups -OCH3 is 2. The lowest BCUT2D eigenvalue weighted by atomic mass is 10.1. The van der Waals surface area contributed by atoms with E-state index in [-0.39, 0.29) is 6.04 Å². The molecular formula is C15H25NO3. The molecule has 0 saturated heterocycles. The highest BCUT2D eigenvalue weighted by Crippen LogP contribution is 2.19. The van der Waals surface area contributed by atoms with Crippen LogP contribution in [0.2, 0.25) is 0 Å². The van der Waals surface area contributed by atoms with E-state index in [1.54, 1.807) is 14.2 Å². The molecule has 1 aromatic carbocycles. The van der Waals surface area contributed by atoms with Gasteiger partial charge in [0.15, 0.2) is 0 Å². The van der Waals surface area contributed by atoms with Gasteiger partial charge in [0.2, 0.25) is 0 Å². The van der Waals surface area contributed by atoms with Gasteiger partial charge in [0, 0.05) is 20.3 Å². The van der Waals surface area contributed by atoms with Crippen LogP contribution in [-0.2, 0) is 9.47 Å². The van der Waals surface area contributed by atoms with Gasteiger partial charge in [-0.15, -0.1) is 0 Å².